The van der Waals surface area contributed by atoms with E-state index < -0.39 is 8.07 Å². The normalized spacial score (nSPS) is 21.3. The van der Waals surface area contributed by atoms with Crippen LogP contribution in [0.5, 0.6) is 5.75 Å². The molecule has 1 aliphatic heterocycles. The molecule has 0 amide bonds. The molecule has 1 saturated heterocycles. The minimum Gasteiger partial charge on any atom is -0.489 e. The van der Waals surface area contributed by atoms with E-state index in [0.717, 1.165) is 18.8 Å². The summed E-state index contributed by atoms with van der Waals surface area (Å²) in [4.78, 5) is 2.63. The van der Waals surface area contributed by atoms with Gasteiger partial charge < -0.3 is 9.64 Å². The van der Waals surface area contributed by atoms with Crippen LogP contribution in [0.4, 0.5) is 0 Å². The van der Waals surface area contributed by atoms with E-state index in [-0.39, 0.29) is 5.41 Å². The Kier molecular flexibility index (Phi) is 6.17. The lowest BCUT2D eigenvalue weighted by Crippen LogP contribution is -2.48. The molecular weight excluding hydrogens is 442 g/mol. The van der Waals surface area contributed by atoms with Crippen molar-refractivity contribution in [1.82, 2.24) is 4.90 Å². The van der Waals surface area contributed by atoms with E-state index in [2.05, 4.69) is 112 Å². The molecule has 0 spiro atoms. The van der Waals surface area contributed by atoms with Gasteiger partial charge in [-0.1, -0.05) is 113 Å². The fourth-order valence-corrected chi connectivity index (χ4v) is 9.40. The monoisotopic (exact) mass is 481 g/mol. The topological polar surface area (TPSA) is 12.5 Å². The highest BCUT2D eigenvalue weighted by Crippen LogP contribution is 2.46. The van der Waals surface area contributed by atoms with Crippen LogP contribution in [0.25, 0.3) is 5.70 Å². The maximum atomic E-state index is 6.44. The van der Waals surface area contributed by atoms with Crippen molar-refractivity contribution in [2.75, 3.05) is 19.7 Å². The van der Waals surface area contributed by atoms with Gasteiger partial charge >= 0.3 is 0 Å². The van der Waals surface area contributed by atoms with Crippen molar-refractivity contribution < 1.29 is 4.74 Å². The number of hydrogen-bond donors (Lipinski definition) is 0. The Labute approximate surface area is 212 Å². The highest BCUT2D eigenvalue weighted by Gasteiger charge is 2.43. The predicted molar refractivity (Wildman–Crippen MR) is 152 cm³/mol. The second-order valence-corrected chi connectivity index (χ2v) is 16.5. The number of rotatable bonds is 6. The Morgan fingerprint density at radius 2 is 1.91 bits per heavy atom. The van der Waals surface area contributed by atoms with Gasteiger partial charge in [-0.05, 0) is 33.7 Å². The van der Waals surface area contributed by atoms with Crippen molar-refractivity contribution in [2.45, 2.75) is 51.2 Å². The number of hydrogen-bond acceptors (Lipinski definition) is 2. The van der Waals surface area contributed by atoms with Gasteiger partial charge in [0, 0.05) is 35.8 Å². The molecule has 2 unspecified atom stereocenters. The standard InChI is InChI=1S/C32H39NOSi/c1-7-19-34-31-27(32(2,3)4)17-12-18-29(31)35(5,6)30-20-28(25-15-10-11-16-26(25)30)33-21-23-13-8-9-14-24(23)22-33/h7-13,15-18,20,24,30H,1,14,19,21-22H2,2-6H3. The summed E-state index contributed by atoms with van der Waals surface area (Å²) in [5.74, 6) is 1.75. The molecule has 3 heteroatoms. The van der Waals surface area contributed by atoms with Gasteiger partial charge in [0.2, 0.25) is 0 Å². The molecule has 0 radical (unpaired) electrons. The van der Waals surface area contributed by atoms with Gasteiger partial charge in [-0.15, -0.1) is 0 Å². The van der Waals surface area contributed by atoms with E-state index in [0.29, 0.717) is 18.1 Å². The fourth-order valence-electron chi connectivity index (χ4n) is 6.14. The number of fused-ring (bicyclic) bond motifs is 2. The minimum absolute atomic E-state index is 0.0131. The molecule has 0 N–H and O–H groups in total. The first kappa shape index (κ1) is 23.9. The zero-order valence-electron chi connectivity index (χ0n) is 22.0. The summed E-state index contributed by atoms with van der Waals surface area (Å²) in [7, 11) is -2.02. The molecule has 0 saturated carbocycles. The molecule has 5 rings (SSSR count). The van der Waals surface area contributed by atoms with Gasteiger partial charge in [0.25, 0.3) is 0 Å². The first-order valence-electron chi connectivity index (χ1n) is 13.0. The maximum Gasteiger partial charge on any atom is 0.122 e. The number of likely N-dealkylation sites (tertiary alicyclic amines) is 1. The van der Waals surface area contributed by atoms with Crippen molar-refractivity contribution in [3.63, 3.8) is 0 Å². The van der Waals surface area contributed by atoms with Crippen LogP contribution in [-0.4, -0.2) is 32.7 Å². The van der Waals surface area contributed by atoms with E-state index in [4.69, 9.17) is 4.74 Å². The molecule has 2 atom stereocenters. The highest BCUT2D eigenvalue weighted by molar-refractivity contribution is 6.92. The molecule has 2 aromatic carbocycles. The summed E-state index contributed by atoms with van der Waals surface area (Å²) >= 11 is 0. The Bertz CT molecular complexity index is 1230. The lowest BCUT2D eigenvalue weighted by molar-refractivity contribution is 0.354. The van der Waals surface area contributed by atoms with E-state index >= 15 is 0 Å². The van der Waals surface area contributed by atoms with Crippen LogP contribution in [0.3, 0.4) is 0 Å². The third-order valence-electron chi connectivity index (χ3n) is 8.08. The van der Waals surface area contributed by atoms with Crippen LogP contribution < -0.4 is 9.92 Å². The first-order valence-corrected chi connectivity index (χ1v) is 16.1. The molecule has 2 nitrogen and oxygen atoms in total. The largest absolute Gasteiger partial charge is 0.489 e. The van der Waals surface area contributed by atoms with Crippen LogP contribution in [0.15, 0.2) is 85.0 Å². The SMILES string of the molecule is C=CCOc1c(C(C)(C)C)cccc1[Si](C)(C)C1C=C(N2CC3=CC=CCC3C2)c2ccccc21. The van der Waals surface area contributed by atoms with Gasteiger partial charge in [0.1, 0.15) is 12.4 Å². The zero-order chi connectivity index (χ0) is 24.8. The lowest BCUT2D eigenvalue weighted by atomic mass is 9.86. The van der Waals surface area contributed by atoms with Gasteiger partial charge in [-0.2, -0.15) is 0 Å². The molecule has 0 bridgehead atoms. The van der Waals surface area contributed by atoms with Crippen LogP contribution in [-0.2, 0) is 5.41 Å². The summed E-state index contributed by atoms with van der Waals surface area (Å²) in [5.41, 5.74) is 7.63. The third kappa shape index (κ3) is 4.25. The molecule has 0 aromatic heterocycles. The molecule has 182 valence electrons. The Hall–Kier alpha value is -2.78. The molecule has 35 heavy (non-hydrogen) atoms. The number of nitrogens with zero attached hydrogens (tertiary/aromatic N) is 1. The van der Waals surface area contributed by atoms with Crippen molar-refractivity contribution in [2.24, 2.45) is 5.92 Å². The predicted octanol–water partition coefficient (Wildman–Crippen LogP) is 6.96. The smallest absolute Gasteiger partial charge is 0.122 e. The van der Waals surface area contributed by atoms with E-state index in [9.17, 15) is 0 Å². The summed E-state index contributed by atoms with van der Waals surface area (Å²) in [6.07, 6.45) is 12.5. The summed E-state index contributed by atoms with van der Waals surface area (Å²) in [6, 6.07) is 15.9. The summed E-state index contributed by atoms with van der Waals surface area (Å²) < 4.78 is 6.44. The lowest BCUT2D eigenvalue weighted by Gasteiger charge is -2.34. The number of benzene rings is 2. The number of ether oxygens (including phenoxy) is 1. The van der Waals surface area contributed by atoms with Crippen molar-refractivity contribution in [1.29, 1.82) is 0 Å². The minimum atomic E-state index is -2.02. The molecule has 2 aliphatic carbocycles. The van der Waals surface area contributed by atoms with Crippen LogP contribution in [0.2, 0.25) is 13.1 Å². The highest BCUT2D eigenvalue weighted by atomic mass is 28.3. The average molecular weight is 482 g/mol. The number of allylic oxidation sites excluding steroid dienone is 4. The molecular formula is C32H39NOSi. The van der Waals surface area contributed by atoms with Gasteiger partial charge in [-0.25, -0.2) is 0 Å². The Morgan fingerprint density at radius 1 is 1.11 bits per heavy atom. The molecule has 1 fully saturated rings. The van der Waals surface area contributed by atoms with Crippen LogP contribution in [0.1, 0.15) is 49.4 Å². The Morgan fingerprint density at radius 3 is 2.66 bits per heavy atom. The quantitative estimate of drug-likeness (QED) is 0.327. The molecule has 2 aromatic rings. The first-order chi connectivity index (χ1) is 16.7. The van der Waals surface area contributed by atoms with Gasteiger partial charge in [0.15, 0.2) is 0 Å². The van der Waals surface area contributed by atoms with E-state index in [1.165, 1.54) is 34.0 Å². The summed E-state index contributed by atoms with van der Waals surface area (Å²) in [5, 5.41) is 1.41. The second kappa shape index (κ2) is 9.02. The third-order valence-corrected chi connectivity index (χ3v) is 11.9. The van der Waals surface area contributed by atoms with Crippen molar-refractivity contribution in [3.8, 4) is 5.75 Å². The van der Waals surface area contributed by atoms with Crippen LogP contribution >= 0.6 is 0 Å². The van der Waals surface area contributed by atoms with Crippen molar-refractivity contribution in [3.05, 3.63) is 102 Å². The molecule has 1 heterocycles. The second-order valence-electron chi connectivity index (χ2n) is 11.9. The van der Waals surface area contributed by atoms with Crippen LogP contribution in [0, 0.1) is 5.92 Å². The Balaban J connectivity index is 1.58. The fraction of sp³-hybridized carbons (Fsp3) is 0.375. The molecule has 3 aliphatic rings. The van der Waals surface area contributed by atoms with E-state index in [1.807, 2.05) is 6.08 Å². The van der Waals surface area contributed by atoms with Crippen molar-refractivity contribution >= 4 is 19.0 Å². The van der Waals surface area contributed by atoms with Gasteiger partial charge in [-0.3, -0.25) is 0 Å². The number of para-hydroxylation sites is 1. The van der Waals surface area contributed by atoms with E-state index in [1.54, 1.807) is 5.57 Å². The average Bonchev–Trinajstić information content (AvgIpc) is 3.44. The van der Waals surface area contributed by atoms with Gasteiger partial charge in [0.05, 0.1) is 8.07 Å². The zero-order valence-corrected chi connectivity index (χ0v) is 23.0. The summed E-state index contributed by atoms with van der Waals surface area (Å²) in [6.45, 7) is 18.5. The maximum absolute atomic E-state index is 6.44.